The Hall–Kier alpha value is -3.10. The van der Waals surface area contributed by atoms with Crippen LogP contribution >= 0.6 is 34.8 Å². The maximum Gasteiger partial charge on any atom is 0.280 e. The van der Waals surface area contributed by atoms with E-state index in [1.807, 2.05) is 37.3 Å². The minimum atomic E-state index is -0.596. The molecular weight excluding hydrogens is 533 g/mol. The van der Waals surface area contributed by atoms with E-state index in [0.717, 1.165) is 0 Å². The molecule has 0 bridgehead atoms. The van der Waals surface area contributed by atoms with Gasteiger partial charge in [0.25, 0.3) is 11.5 Å². The van der Waals surface area contributed by atoms with Crippen molar-refractivity contribution in [1.82, 2.24) is 14.6 Å². The number of benzene rings is 3. The van der Waals surface area contributed by atoms with Gasteiger partial charge in [0.1, 0.15) is 0 Å². The fourth-order valence-corrected chi connectivity index (χ4v) is 4.72. The number of aromatic nitrogens is 2. The highest BCUT2D eigenvalue weighted by Gasteiger charge is 2.30. The molecule has 3 aromatic carbocycles. The third-order valence-electron chi connectivity index (χ3n) is 5.98. The Bertz CT molecular complexity index is 1480. The molecule has 0 aliphatic heterocycles. The second-order valence-corrected chi connectivity index (χ2v) is 9.64. The molecule has 0 saturated carbocycles. The normalized spacial score (nSPS) is 11.9. The molecule has 0 aliphatic carbocycles. The lowest BCUT2D eigenvalue weighted by Crippen LogP contribution is -2.41. The van der Waals surface area contributed by atoms with Crippen LogP contribution in [0.2, 0.25) is 15.1 Å². The molecule has 3 N–H and O–H groups in total. The van der Waals surface area contributed by atoms with Crippen molar-refractivity contribution in [2.75, 3.05) is 18.5 Å². The first-order chi connectivity index (χ1) is 17.8. The minimum absolute atomic E-state index is 0.167. The first-order valence-corrected chi connectivity index (χ1v) is 13.0. The quantitative estimate of drug-likeness (QED) is 0.256. The van der Waals surface area contributed by atoms with Gasteiger partial charge in [-0.15, -0.1) is 0 Å². The molecule has 1 amide bonds. The van der Waals surface area contributed by atoms with Gasteiger partial charge in [-0.2, -0.15) is 0 Å². The minimum Gasteiger partial charge on any atom is -0.330 e. The molecule has 0 aliphatic rings. The Balaban J connectivity index is 1.91. The fraction of sp³-hybridized carbons (Fsp3) is 0.222. The van der Waals surface area contributed by atoms with Crippen LogP contribution in [-0.4, -0.2) is 33.6 Å². The summed E-state index contributed by atoms with van der Waals surface area (Å²) in [5.74, 6) is 0.0224. The van der Waals surface area contributed by atoms with Gasteiger partial charge in [-0.3, -0.25) is 15.0 Å². The number of para-hydroxylation sites is 1. The van der Waals surface area contributed by atoms with E-state index in [1.54, 1.807) is 41.3 Å². The number of nitrogens with two attached hydrogens (primary N) is 1. The molecule has 0 fully saturated rings. The largest absolute Gasteiger partial charge is 0.330 e. The molecule has 4 aromatic rings. The maximum absolute atomic E-state index is 13.9. The van der Waals surface area contributed by atoms with E-state index in [4.69, 9.17) is 45.5 Å². The molecule has 4 rings (SSSR count). The van der Waals surface area contributed by atoms with E-state index in [0.29, 0.717) is 53.4 Å². The lowest BCUT2D eigenvalue weighted by Gasteiger charge is -2.32. The highest BCUT2D eigenvalue weighted by Crippen LogP contribution is 2.31. The molecule has 1 atom stereocenters. The summed E-state index contributed by atoms with van der Waals surface area (Å²) in [6.07, 6.45) is 1.000. The molecule has 0 saturated heterocycles. The Kier molecular flexibility index (Phi) is 8.71. The van der Waals surface area contributed by atoms with E-state index in [2.05, 4.69) is 5.43 Å². The third-order valence-corrected chi connectivity index (χ3v) is 7.03. The molecule has 7 nitrogen and oxygen atoms in total. The van der Waals surface area contributed by atoms with Crippen LogP contribution in [0.1, 0.15) is 42.0 Å². The number of carbonyl (C=O) groups is 1. The van der Waals surface area contributed by atoms with Crippen molar-refractivity contribution in [2.24, 2.45) is 5.73 Å². The summed E-state index contributed by atoms with van der Waals surface area (Å²) < 4.78 is 1.39. The van der Waals surface area contributed by atoms with Crippen LogP contribution in [0.3, 0.4) is 0 Å². The Morgan fingerprint density at radius 3 is 2.54 bits per heavy atom. The van der Waals surface area contributed by atoms with Crippen molar-refractivity contribution in [3.63, 3.8) is 0 Å². The van der Waals surface area contributed by atoms with Gasteiger partial charge in [-0.05, 0) is 61.9 Å². The maximum atomic E-state index is 13.9. The number of rotatable bonds is 9. The summed E-state index contributed by atoms with van der Waals surface area (Å²) in [5, 5.41) is 1.29. The number of anilines is 1. The third kappa shape index (κ3) is 5.75. The average molecular weight is 559 g/mol. The van der Waals surface area contributed by atoms with Crippen LogP contribution < -0.4 is 16.7 Å². The van der Waals surface area contributed by atoms with E-state index in [9.17, 15) is 9.59 Å². The number of halogens is 3. The number of hydrogen-bond donors (Lipinski definition) is 2. The fourth-order valence-electron chi connectivity index (χ4n) is 4.18. The van der Waals surface area contributed by atoms with Gasteiger partial charge >= 0.3 is 0 Å². The van der Waals surface area contributed by atoms with Gasteiger partial charge in [-0.25, -0.2) is 9.66 Å². The topological polar surface area (TPSA) is 93.2 Å². The number of fused-ring (bicyclic) bond motifs is 1. The molecule has 37 heavy (non-hydrogen) atoms. The number of carbonyl (C=O) groups excluding carboxylic acids is 1. The number of nitrogens with one attached hydrogen (secondary N) is 1. The van der Waals surface area contributed by atoms with Crippen molar-refractivity contribution in [3.8, 4) is 0 Å². The van der Waals surface area contributed by atoms with Crippen LogP contribution in [0.4, 0.5) is 5.69 Å². The average Bonchev–Trinajstić information content (AvgIpc) is 2.90. The highest BCUT2D eigenvalue weighted by molar-refractivity contribution is 6.43. The molecule has 192 valence electrons. The first-order valence-electron chi connectivity index (χ1n) is 11.8. The summed E-state index contributed by atoms with van der Waals surface area (Å²) in [6, 6.07) is 18.5. The molecular formula is C27H26Cl3N5O2. The number of nitrogens with zero attached hydrogens (tertiary/aromatic N) is 3. The SMILES string of the molecule is CCC(c1nc2cc(Cl)ccc2c(=O)n1Nc1ccccc1)N(CCCN)C(=O)c1cccc(Cl)c1Cl. The lowest BCUT2D eigenvalue weighted by atomic mass is 10.1. The summed E-state index contributed by atoms with van der Waals surface area (Å²) >= 11 is 18.9. The summed E-state index contributed by atoms with van der Waals surface area (Å²) in [6.45, 7) is 2.62. The van der Waals surface area contributed by atoms with Gasteiger partial charge in [0, 0.05) is 11.6 Å². The van der Waals surface area contributed by atoms with Gasteiger partial charge in [-0.1, -0.05) is 66.0 Å². The first kappa shape index (κ1) is 26.9. The highest BCUT2D eigenvalue weighted by atomic mass is 35.5. The van der Waals surface area contributed by atoms with E-state index in [1.165, 1.54) is 4.68 Å². The van der Waals surface area contributed by atoms with Gasteiger partial charge < -0.3 is 10.6 Å². The van der Waals surface area contributed by atoms with Crippen LogP contribution in [0.25, 0.3) is 10.9 Å². The predicted molar refractivity (Wildman–Crippen MR) is 151 cm³/mol. The summed E-state index contributed by atoms with van der Waals surface area (Å²) in [5.41, 5.74) is 10.1. The van der Waals surface area contributed by atoms with Gasteiger partial charge in [0.05, 0.1) is 38.2 Å². The van der Waals surface area contributed by atoms with Crippen LogP contribution in [0, 0.1) is 0 Å². The zero-order chi connectivity index (χ0) is 26.5. The van der Waals surface area contributed by atoms with Gasteiger partial charge in [0.2, 0.25) is 0 Å². The predicted octanol–water partition coefficient (Wildman–Crippen LogP) is 6.17. The Labute approximate surface area is 229 Å². The summed E-state index contributed by atoms with van der Waals surface area (Å²) in [4.78, 5) is 34.1. The molecule has 10 heteroatoms. The zero-order valence-electron chi connectivity index (χ0n) is 20.1. The van der Waals surface area contributed by atoms with Crippen LogP contribution in [0.5, 0.6) is 0 Å². The monoisotopic (exact) mass is 557 g/mol. The van der Waals surface area contributed by atoms with E-state index >= 15 is 0 Å². The van der Waals surface area contributed by atoms with Crippen molar-refractivity contribution in [2.45, 2.75) is 25.8 Å². The van der Waals surface area contributed by atoms with Crippen LogP contribution in [0.15, 0.2) is 71.5 Å². The standard InChI is InChI=1S/C27H26Cl3N5O2/c1-2-23(34(15-7-14-31)26(36)20-10-6-11-21(29)24(20)30)25-32-22-16-17(28)12-13-19(22)27(37)35(25)33-18-8-4-3-5-9-18/h3-6,8-13,16,23,33H,2,7,14-15,31H2,1H3. The lowest BCUT2D eigenvalue weighted by molar-refractivity contribution is 0.0657. The molecule has 1 aromatic heterocycles. The zero-order valence-corrected chi connectivity index (χ0v) is 22.4. The number of hydrogen-bond acceptors (Lipinski definition) is 5. The van der Waals surface area contributed by atoms with Crippen molar-refractivity contribution >= 4 is 57.3 Å². The van der Waals surface area contributed by atoms with Crippen molar-refractivity contribution in [1.29, 1.82) is 0 Å². The van der Waals surface area contributed by atoms with Crippen molar-refractivity contribution < 1.29 is 4.79 Å². The van der Waals surface area contributed by atoms with Crippen LogP contribution in [-0.2, 0) is 0 Å². The van der Waals surface area contributed by atoms with E-state index in [-0.39, 0.29) is 27.1 Å². The van der Waals surface area contributed by atoms with Gasteiger partial charge in [0.15, 0.2) is 5.82 Å². The summed E-state index contributed by atoms with van der Waals surface area (Å²) in [7, 11) is 0. The number of amides is 1. The smallest absolute Gasteiger partial charge is 0.280 e. The van der Waals surface area contributed by atoms with E-state index < -0.39 is 6.04 Å². The Morgan fingerprint density at radius 1 is 1.08 bits per heavy atom. The molecule has 0 spiro atoms. The molecule has 0 radical (unpaired) electrons. The Morgan fingerprint density at radius 2 is 1.84 bits per heavy atom. The second kappa shape index (κ2) is 12.0. The molecule has 1 heterocycles. The second-order valence-electron chi connectivity index (χ2n) is 8.42. The van der Waals surface area contributed by atoms with Crippen molar-refractivity contribution in [3.05, 3.63) is 104 Å². The molecule has 1 unspecified atom stereocenters.